The summed E-state index contributed by atoms with van der Waals surface area (Å²) in [7, 11) is 2.17. The molecule has 0 aromatic carbocycles. The monoisotopic (exact) mass is 337 g/mol. The van der Waals surface area contributed by atoms with Crippen molar-refractivity contribution in [1.82, 2.24) is 24.5 Å². The summed E-state index contributed by atoms with van der Waals surface area (Å²) in [5.41, 5.74) is 2.40. The largest absolute Gasteiger partial charge is 0.301 e. The van der Waals surface area contributed by atoms with Crippen LogP contribution in [0.3, 0.4) is 0 Å². The summed E-state index contributed by atoms with van der Waals surface area (Å²) in [6.45, 7) is 2.11. The molecule has 0 atom stereocenters. The Balaban J connectivity index is 2.10. The highest BCUT2D eigenvalue weighted by Crippen LogP contribution is 2.38. The van der Waals surface area contributed by atoms with E-state index in [1.54, 1.807) is 23.5 Å². The lowest BCUT2D eigenvalue weighted by Crippen LogP contribution is -2.25. The lowest BCUT2D eigenvalue weighted by Gasteiger charge is -2.21. The molecule has 1 aliphatic rings. The van der Waals surface area contributed by atoms with Crippen LogP contribution in [0.5, 0.6) is 0 Å². The summed E-state index contributed by atoms with van der Waals surface area (Å²) in [5.74, 6) is 0. The van der Waals surface area contributed by atoms with Gasteiger partial charge in [0.1, 0.15) is 4.83 Å². The van der Waals surface area contributed by atoms with Crippen molar-refractivity contribution in [3.05, 3.63) is 10.4 Å². The first kappa shape index (κ1) is 13.8. The lowest BCUT2D eigenvalue weighted by atomic mass is 10.1. The van der Waals surface area contributed by atoms with E-state index >= 15 is 0 Å². The summed E-state index contributed by atoms with van der Waals surface area (Å²) in [6, 6.07) is 0. The second-order valence-corrected chi connectivity index (χ2v) is 7.75. The fraction of sp³-hybridized carbons (Fsp3) is 0.462. The van der Waals surface area contributed by atoms with Gasteiger partial charge in [0.2, 0.25) is 0 Å². The number of aromatic nitrogens is 4. The minimum atomic E-state index is 0.914. The van der Waals surface area contributed by atoms with Crippen LogP contribution in [0.15, 0.2) is 10.3 Å². The molecule has 0 unspecified atom stereocenters. The van der Waals surface area contributed by atoms with E-state index in [1.807, 2.05) is 17.6 Å². The molecule has 0 saturated heterocycles. The van der Waals surface area contributed by atoms with Crippen molar-refractivity contribution in [1.29, 1.82) is 0 Å². The van der Waals surface area contributed by atoms with Crippen molar-refractivity contribution >= 4 is 50.7 Å². The Morgan fingerprint density at radius 2 is 1.95 bits per heavy atom. The van der Waals surface area contributed by atoms with Gasteiger partial charge in [-0.1, -0.05) is 23.5 Å². The minimum Gasteiger partial charge on any atom is -0.301 e. The summed E-state index contributed by atoms with van der Waals surface area (Å²) in [5, 5.41) is 11.9. The predicted octanol–water partition coefficient (Wildman–Crippen LogP) is 2.77. The van der Waals surface area contributed by atoms with Crippen molar-refractivity contribution in [3.8, 4) is 0 Å². The van der Waals surface area contributed by atoms with Crippen LogP contribution in [0.2, 0.25) is 0 Å². The number of hydrogen-bond acceptors (Lipinski definition) is 7. The minimum absolute atomic E-state index is 0.914. The van der Waals surface area contributed by atoms with E-state index in [2.05, 4.69) is 32.8 Å². The SMILES string of the molecule is CSc1nnc2c3c4c(sc3nc(SC)n12)CN(C)CC4. The van der Waals surface area contributed by atoms with Crippen molar-refractivity contribution in [3.63, 3.8) is 0 Å². The van der Waals surface area contributed by atoms with E-state index in [0.29, 0.717) is 0 Å². The Hall–Kier alpha value is -0.830. The molecular formula is C13H15N5S3. The fourth-order valence-electron chi connectivity index (χ4n) is 2.84. The number of thioether (sulfide) groups is 2. The molecule has 0 spiro atoms. The first-order valence-electron chi connectivity index (χ1n) is 6.69. The van der Waals surface area contributed by atoms with Crippen molar-refractivity contribution in [2.45, 2.75) is 23.3 Å². The highest BCUT2D eigenvalue weighted by atomic mass is 32.2. The molecule has 0 fully saturated rings. The maximum atomic E-state index is 4.87. The van der Waals surface area contributed by atoms with Crippen LogP contribution in [0.4, 0.5) is 0 Å². The third-order valence-corrected chi connectivity index (χ3v) is 6.22. The van der Waals surface area contributed by atoms with Gasteiger partial charge in [-0.15, -0.1) is 21.5 Å². The number of nitrogens with zero attached hydrogens (tertiary/aromatic N) is 5. The zero-order chi connectivity index (χ0) is 14.6. The molecule has 0 radical (unpaired) electrons. The Bertz CT molecular complexity index is 837. The second kappa shape index (κ2) is 5.12. The van der Waals surface area contributed by atoms with E-state index in [0.717, 1.165) is 40.3 Å². The zero-order valence-electron chi connectivity index (χ0n) is 12.1. The summed E-state index contributed by atoms with van der Waals surface area (Å²) < 4.78 is 2.10. The molecule has 4 rings (SSSR count). The van der Waals surface area contributed by atoms with Crippen LogP contribution in [0.25, 0.3) is 15.9 Å². The number of rotatable bonds is 2. The van der Waals surface area contributed by atoms with Gasteiger partial charge in [-0.05, 0) is 31.5 Å². The van der Waals surface area contributed by atoms with E-state index in [4.69, 9.17) is 4.98 Å². The van der Waals surface area contributed by atoms with E-state index < -0.39 is 0 Å². The molecule has 21 heavy (non-hydrogen) atoms. The normalized spacial score (nSPS) is 16.0. The Labute approximate surface area is 135 Å². The predicted molar refractivity (Wildman–Crippen MR) is 89.8 cm³/mol. The van der Waals surface area contributed by atoms with Crippen LogP contribution in [0, 0.1) is 0 Å². The average Bonchev–Trinajstić information content (AvgIpc) is 3.05. The Morgan fingerprint density at radius 1 is 1.14 bits per heavy atom. The molecule has 0 N–H and O–H groups in total. The summed E-state index contributed by atoms with van der Waals surface area (Å²) in [4.78, 5) is 9.76. The number of hydrogen-bond donors (Lipinski definition) is 0. The first-order chi connectivity index (χ1) is 10.2. The van der Waals surface area contributed by atoms with E-state index in [9.17, 15) is 0 Å². The van der Waals surface area contributed by atoms with Crippen LogP contribution in [-0.4, -0.2) is 50.6 Å². The van der Waals surface area contributed by atoms with Gasteiger partial charge in [-0.25, -0.2) is 9.38 Å². The van der Waals surface area contributed by atoms with Gasteiger partial charge < -0.3 is 4.90 Å². The Morgan fingerprint density at radius 3 is 2.71 bits per heavy atom. The quantitative estimate of drug-likeness (QED) is 0.529. The van der Waals surface area contributed by atoms with Crippen LogP contribution in [-0.2, 0) is 13.0 Å². The van der Waals surface area contributed by atoms with Crippen molar-refractivity contribution in [2.75, 3.05) is 26.1 Å². The average molecular weight is 337 g/mol. The molecule has 110 valence electrons. The summed E-state index contributed by atoms with van der Waals surface area (Å²) in [6.07, 6.45) is 5.16. The molecule has 8 heteroatoms. The molecule has 0 bridgehead atoms. The smallest absolute Gasteiger partial charge is 0.197 e. The van der Waals surface area contributed by atoms with Gasteiger partial charge in [0, 0.05) is 18.0 Å². The molecule has 3 aromatic heterocycles. The van der Waals surface area contributed by atoms with E-state index in [-0.39, 0.29) is 0 Å². The van der Waals surface area contributed by atoms with Gasteiger partial charge in [0.25, 0.3) is 0 Å². The van der Waals surface area contributed by atoms with Crippen LogP contribution in [0.1, 0.15) is 10.4 Å². The molecule has 0 amide bonds. The van der Waals surface area contributed by atoms with E-state index in [1.165, 1.54) is 15.8 Å². The third-order valence-electron chi connectivity index (χ3n) is 3.84. The van der Waals surface area contributed by atoms with Gasteiger partial charge >= 0.3 is 0 Å². The van der Waals surface area contributed by atoms with Crippen molar-refractivity contribution < 1.29 is 0 Å². The number of thiophene rings is 1. The molecular weight excluding hydrogens is 322 g/mol. The number of fused-ring (bicyclic) bond motifs is 5. The van der Waals surface area contributed by atoms with Crippen molar-refractivity contribution in [2.24, 2.45) is 0 Å². The highest BCUT2D eigenvalue weighted by Gasteiger charge is 2.24. The first-order valence-corrected chi connectivity index (χ1v) is 9.95. The highest BCUT2D eigenvalue weighted by molar-refractivity contribution is 7.99. The fourth-order valence-corrected chi connectivity index (χ4v) is 5.26. The lowest BCUT2D eigenvalue weighted by molar-refractivity contribution is 0.318. The van der Waals surface area contributed by atoms with Crippen LogP contribution < -0.4 is 0 Å². The molecule has 5 nitrogen and oxygen atoms in total. The maximum Gasteiger partial charge on any atom is 0.197 e. The Kier molecular flexibility index (Phi) is 3.36. The molecule has 3 aromatic rings. The molecule has 0 aliphatic carbocycles. The van der Waals surface area contributed by atoms with Gasteiger partial charge in [-0.3, -0.25) is 0 Å². The molecule has 0 saturated carbocycles. The van der Waals surface area contributed by atoms with Gasteiger partial charge in [-0.2, -0.15) is 0 Å². The standard InChI is InChI=1S/C13H15N5S3/c1-17-5-4-7-8(6-17)21-11-9(7)10-15-16-13(20-3)18(10)12(14-11)19-2/h4-6H2,1-3H3. The zero-order valence-corrected chi connectivity index (χ0v) is 14.5. The van der Waals surface area contributed by atoms with Gasteiger partial charge in [0.05, 0.1) is 5.39 Å². The maximum absolute atomic E-state index is 4.87. The van der Waals surface area contributed by atoms with Gasteiger partial charge in [0.15, 0.2) is 16.0 Å². The van der Waals surface area contributed by atoms with Crippen LogP contribution >= 0.6 is 34.9 Å². The topological polar surface area (TPSA) is 46.3 Å². The third kappa shape index (κ3) is 2.00. The molecule has 4 heterocycles. The molecule has 1 aliphatic heterocycles. The number of likely N-dealkylation sites (N-methyl/N-ethyl adjacent to an activating group) is 1. The second-order valence-electron chi connectivity index (χ2n) is 5.12. The summed E-state index contributed by atoms with van der Waals surface area (Å²) >= 11 is 5.07.